The summed E-state index contributed by atoms with van der Waals surface area (Å²) >= 11 is 0. The van der Waals surface area contributed by atoms with E-state index in [-0.39, 0.29) is 5.41 Å². The van der Waals surface area contributed by atoms with Crippen LogP contribution in [0.3, 0.4) is 0 Å². The molecule has 0 N–H and O–H groups in total. The number of benzene rings is 9. The first-order chi connectivity index (χ1) is 25.0. The molecule has 0 heterocycles. The lowest BCUT2D eigenvalue weighted by atomic mass is 9.80. The van der Waals surface area contributed by atoms with Gasteiger partial charge in [-0.25, -0.2) is 0 Å². The molecule has 0 nitrogen and oxygen atoms in total. The molecule has 0 aromatic heterocycles. The summed E-state index contributed by atoms with van der Waals surface area (Å²) in [5, 5.41) is 7.81. The fourth-order valence-corrected chi connectivity index (χ4v) is 9.29. The Labute approximate surface area is 298 Å². The van der Waals surface area contributed by atoms with Crippen LogP contribution in [0.1, 0.15) is 25.0 Å². The Morgan fingerprint density at radius 1 is 0.294 bits per heavy atom. The topological polar surface area (TPSA) is 0 Å². The van der Waals surface area contributed by atoms with Crippen LogP contribution in [0.15, 0.2) is 170 Å². The predicted octanol–water partition coefficient (Wildman–Crippen LogP) is 14.1. The van der Waals surface area contributed by atoms with Gasteiger partial charge in [-0.05, 0) is 128 Å². The van der Waals surface area contributed by atoms with E-state index in [2.05, 4.69) is 184 Å². The summed E-state index contributed by atoms with van der Waals surface area (Å²) in [5.74, 6) is 0. The molecule has 0 saturated heterocycles. The van der Waals surface area contributed by atoms with Crippen molar-refractivity contribution >= 4 is 32.3 Å². The monoisotopic (exact) mass is 646 g/mol. The molecule has 51 heavy (non-hydrogen) atoms. The van der Waals surface area contributed by atoms with Crippen molar-refractivity contribution < 1.29 is 0 Å². The Morgan fingerprint density at radius 3 is 1.53 bits per heavy atom. The normalized spacial score (nSPS) is 13.5. The van der Waals surface area contributed by atoms with Crippen molar-refractivity contribution in [1.29, 1.82) is 0 Å². The van der Waals surface area contributed by atoms with Crippen LogP contribution in [-0.4, -0.2) is 0 Å². The summed E-state index contributed by atoms with van der Waals surface area (Å²) in [4.78, 5) is 0. The molecule has 2 aliphatic carbocycles. The Morgan fingerprint density at radius 2 is 0.765 bits per heavy atom. The predicted molar refractivity (Wildman–Crippen MR) is 217 cm³/mol. The summed E-state index contributed by atoms with van der Waals surface area (Å²) in [5.41, 5.74) is 18.4. The molecule has 0 bridgehead atoms. The van der Waals surface area contributed by atoms with E-state index in [0.717, 1.165) is 0 Å². The fourth-order valence-electron chi connectivity index (χ4n) is 9.29. The first-order valence-corrected chi connectivity index (χ1v) is 18.0. The van der Waals surface area contributed by atoms with Gasteiger partial charge in [0, 0.05) is 5.41 Å². The van der Waals surface area contributed by atoms with Crippen LogP contribution >= 0.6 is 0 Å². The molecule has 0 fully saturated rings. The Hall–Kier alpha value is -6.24. The van der Waals surface area contributed by atoms with Crippen LogP contribution in [-0.2, 0) is 5.41 Å². The molecule has 0 amide bonds. The highest BCUT2D eigenvalue weighted by Gasteiger charge is 2.36. The van der Waals surface area contributed by atoms with Crippen molar-refractivity contribution in [3.63, 3.8) is 0 Å². The highest BCUT2D eigenvalue weighted by molar-refractivity contribution is 6.20. The first kappa shape index (κ1) is 28.6. The van der Waals surface area contributed by atoms with Crippen molar-refractivity contribution in [3.8, 4) is 66.8 Å². The van der Waals surface area contributed by atoms with Crippen LogP contribution in [0.5, 0.6) is 0 Å². The molecule has 9 aromatic carbocycles. The van der Waals surface area contributed by atoms with Crippen molar-refractivity contribution in [1.82, 2.24) is 0 Å². The standard InChI is InChI=1S/C51H34/c1-51(2)48-29-34(33-21-20-31-10-3-4-11-32(31)28-33)22-24-43(48)44-25-23-35(30-49(44)51)36-14-7-16-38-37(36)15-8-17-39(38)42-26-27-47-41-13-6-5-12-40(41)45-18-9-19-46(42)50(45)47/h3-30H,1-2H3. The van der Waals surface area contributed by atoms with Crippen LogP contribution in [0, 0.1) is 0 Å². The van der Waals surface area contributed by atoms with Crippen LogP contribution in [0.2, 0.25) is 0 Å². The third kappa shape index (κ3) is 4.02. The third-order valence-electron chi connectivity index (χ3n) is 11.8. The van der Waals surface area contributed by atoms with E-state index >= 15 is 0 Å². The average Bonchev–Trinajstić information content (AvgIpc) is 3.63. The average molecular weight is 647 g/mol. The third-order valence-corrected chi connectivity index (χ3v) is 11.8. The Balaban J connectivity index is 1.02. The quantitative estimate of drug-likeness (QED) is 0.179. The summed E-state index contributed by atoms with van der Waals surface area (Å²) in [6.07, 6.45) is 0. The molecule has 238 valence electrons. The maximum atomic E-state index is 2.46. The second-order valence-electron chi connectivity index (χ2n) is 14.8. The smallest absolute Gasteiger partial charge is 0.0159 e. The summed E-state index contributed by atoms with van der Waals surface area (Å²) in [6.45, 7) is 4.78. The minimum atomic E-state index is -0.120. The lowest BCUT2D eigenvalue weighted by Gasteiger charge is -2.23. The summed E-state index contributed by atoms with van der Waals surface area (Å²) in [6, 6.07) is 63.6. The lowest BCUT2D eigenvalue weighted by Crippen LogP contribution is -2.15. The largest absolute Gasteiger partial charge is 0.0616 e. The maximum Gasteiger partial charge on any atom is 0.0159 e. The maximum absolute atomic E-state index is 2.46. The van der Waals surface area contributed by atoms with Crippen LogP contribution < -0.4 is 0 Å². The molecule has 11 rings (SSSR count). The molecule has 0 spiro atoms. The van der Waals surface area contributed by atoms with Crippen molar-refractivity contribution in [2.24, 2.45) is 0 Å². The second-order valence-corrected chi connectivity index (χ2v) is 14.8. The van der Waals surface area contributed by atoms with Gasteiger partial charge in [-0.15, -0.1) is 0 Å². The molecule has 0 aliphatic heterocycles. The Bertz CT molecular complexity index is 2910. The van der Waals surface area contributed by atoms with E-state index in [0.29, 0.717) is 0 Å². The molecule has 0 radical (unpaired) electrons. The zero-order valence-corrected chi connectivity index (χ0v) is 28.7. The van der Waals surface area contributed by atoms with Crippen molar-refractivity contribution in [3.05, 3.63) is 181 Å². The lowest BCUT2D eigenvalue weighted by molar-refractivity contribution is 0.661. The van der Waals surface area contributed by atoms with E-state index in [9.17, 15) is 0 Å². The summed E-state index contributed by atoms with van der Waals surface area (Å²) < 4.78 is 0. The number of hydrogen-bond acceptors (Lipinski definition) is 0. The Kier molecular flexibility index (Phi) is 5.82. The van der Waals surface area contributed by atoms with E-state index in [1.807, 2.05) is 0 Å². The highest BCUT2D eigenvalue weighted by atomic mass is 14.4. The molecule has 2 aliphatic rings. The van der Waals surface area contributed by atoms with Crippen LogP contribution in [0.25, 0.3) is 99.1 Å². The van der Waals surface area contributed by atoms with Gasteiger partial charge in [0.05, 0.1) is 0 Å². The van der Waals surface area contributed by atoms with Crippen molar-refractivity contribution in [2.45, 2.75) is 19.3 Å². The minimum absolute atomic E-state index is 0.120. The van der Waals surface area contributed by atoms with Gasteiger partial charge in [-0.1, -0.05) is 166 Å². The minimum Gasteiger partial charge on any atom is -0.0616 e. The molecule has 9 aromatic rings. The number of hydrogen-bond donors (Lipinski definition) is 0. The van der Waals surface area contributed by atoms with Gasteiger partial charge in [0.15, 0.2) is 0 Å². The SMILES string of the molecule is CC1(C)c2cc(-c3ccc4ccccc4c3)ccc2-c2ccc(-c3cccc4c(-c5ccc6c7c(cccc57)-c5ccccc5-6)cccc34)cc21. The number of fused-ring (bicyclic) bond motifs is 8. The van der Waals surface area contributed by atoms with Gasteiger partial charge in [0.2, 0.25) is 0 Å². The number of rotatable bonds is 3. The molecular weight excluding hydrogens is 613 g/mol. The first-order valence-electron chi connectivity index (χ1n) is 18.0. The highest BCUT2D eigenvalue weighted by Crippen LogP contribution is 2.52. The fraction of sp³-hybridized carbons (Fsp3) is 0.0588. The van der Waals surface area contributed by atoms with E-state index in [1.54, 1.807) is 0 Å². The van der Waals surface area contributed by atoms with Gasteiger partial charge in [0.25, 0.3) is 0 Å². The van der Waals surface area contributed by atoms with Gasteiger partial charge >= 0.3 is 0 Å². The van der Waals surface area contributed by atoms with E-state index < -0.39 is 0 Å². The molecule has 0 atom stereocenters. The van der Waals surface area contributed by atoms with Crippen molar-refractivity contribution in [2.75, 3.05) is 0 Å². The second kappa shape index (κ2) is 10.4. The zero-order chi connectivity index (χ0) is 33.8. The molecule has 0 unspecified atom stereocenters. The van der Waals surface area contributed by atoms with Crippen LogP contribution in [0.4, 0.5) is 0 Å². The zero-order valence-electron chi connectivity index (χ0n) is 28.7. The molecular formula is C51H34. The summed E-state index contributed by atoms with van der Waals surface area (Å²) in [7, 11) is 0. The van der Waals surface area contributed by atoms with E-state index in [1.165, 1.54) is 110 Å². The van der Waals surface area contributed by atoms with Gasteiger partial charge in [-0.2, -0.15) is 0 Å². The van der Waals surface area contributed by atoms with Gasteiger partial charge < -0.3 is 0 Å². The van der Waals surface area contributed by atoms with E-state index in [4.69, 9.17) is 0 Å². The van der Waals surface area contributed by atoms with Gasteiger partial charge in [-0.3, -0.25) is 0 Å². The molecule has 0 saturated carbocycles. The van der Waals surface area contributed by atoms with Gasteiger partial charge in [0.1, 0.15) is 0 Å². The molecule has 0 heteroatoms.